The third-order valence-electron chi connectivity index (χ3n) is 3.26. The van der Waals surface area contributed by atoms with Gasteiger partial charge in [0.1, 0.15) is 0 Å². The number of aliphatic hydroxyl groups is 2. The average Bonchev–Trinajstić information content (AvgIpc) is 2.17. The summed E-state index contributed by atoms with van der Waals surface area (Å²) in [4.78, 5) is 0. The molecule has 0 radical (unpaired) electrons. The Hall–Kier alpha value is -0.120. The highest BCUT2D eigenvalue weighted by Crippen LogP contribution is 2.19. The molecule has 0 saturated heterocycles. The summed E-state index contributed by atoms with van der Waals surface area (Å²) in [7, 11) is 0. The molecule has 0 aliphatic heterocycles. The van der Waals surface area contributed by atoms with E-state index in [1.807, 2.05) is 6.92 Å². The minimum absolute atomic E-state index is 0.0980. The fourth-order valence-corrected chi connectivity index (χ4v) is 2.27. The van der Waals surface area contributed by atoms with Crippen molar-refractivity contribution >= 4 is 0 Å². The molecule has 0 aromatic heterocycles. The van der Waals surface area contributed by atoms with Gasteiger partial charge in [-0.15, -0.1) is 0 Å². The Morgan fingerprint density at radius 3 is 2.40 bits per heavy atom. The van der Waals surface area contributed by atoms with E-state index in [9.17, 15) is 10.2 Å². The molecule has 0 heterocycles. The van der Waals surface area contributed by atoms with Gasteiger partial charge in [-0.05, 0) is 39.0 Å². The van der Waals surface area contributed by atoms with Crippen molar-refractivity contribution in [1.29, 1.82) is 0 Å². The first kappa shape index (κ1) is 12.9. The lowest BCUT2D eigenvalue weighted by Crippen LogP contribution is -2.44. The molecule has 0 bridgehead atoms. The second-order valence-corrected chi connectivity index (χ2v) is 5.13. The van der Waals surface area contributed by atoms with Crippen LogP contribution in [-0.4, -0.2) is 34.5 Å². The van der Waals surface area contributed by atoms with Crippen LogP contribution in [0.5, 0.6) is 0 Å². The average molecular weight is 215 g/mol. The van der Waals surface area contributed by atoms with Crippen LogP contribution in [-0.2, 0) is 0 Å². The van der Waals surface area contributed by atoms with Crippen molar-refractivity contribution in [1.82, 2.24) is 5.32 Å². The molecule has 1 rings (SSSR count). The monoisotopic (exact) mass is 215 g/mol. The van der Waals surface area contributed by atoms with Gasteiger partial charge in [0.15, 0.2) is 0 Å². The molecule has 0 amide bonds. The van der Waals surface area contributed by atoms with Crippen molar-refractivity contribution < 1.29 is 10.2 Å². The molecule has 1 fully saturated rings. The fraction of sp³-hybridized carbons (Fsp3) is 1.00. The minimum atomic E-state index is -0.579. The summed E-state index contributed by atoms with van der Waals surface area (Å²) < 4.78 is 0. The van der Waals surface area contributed by atoms with E-state index in [0.717, 1.165) is 38.5 Å². The van der Waals surface area contributed by atoms with Crippen LogP contribution in [0, 0.1) is 0 Å². The van der Waals surface area contributed by atoms with E-state index in [1.165, 1.54) is 0 Å². The van der Waals surface area contributed by atoms with Crippen molar-refractivity contribution in [2.24, 2.45) is 0 Å². The molecule has 1 unspecified atom stereocenters. The van der Waals surface area contributed by atoms with Crippen LogP contribution in [0.3, 0.4) is 0 Å². The largest absolute Gasteiger partial charge is 0.393 e. The number of nitrogens with one attached hydrogen (secondary N) is 1. The second kappa shape index (κ2) is 5.83. The lowest BCUT2D eigenvalue weighted by atomic mass is 9.92. The zero-order chi connectivity index (χ0) is 11.3. The van der Waals surface area contributed by atoms with E-state index in [2.05, 4.69) is 12.2 Å². The van der Waals surface area contributed by atoms with Gasteiger partial charge in [-0.25, -0.2) is 0 Å². The summed E-state index contributed by atoms with van der Waals surface area (Å²) in [5, 5.41) is 22.8. The summed E-state index contributed by atoms with van der Waals surface area (Å²) >= 11 is 0. The Morgan fingerprint density at radius 2 is 1.87 bits per heavy atom. The van der Waals surface area contributed by atoms with Crippen molar-refractivity contribution in [3.8, 4) is 0 Å². The SMILES string of the molecule is CCCC(C)(O)CNC1CCC(O)CC1. The van der Waals surface area contributed by atoms with E-state index in [4.69, 9.17) is 0 Å². The van der Waals surface area contributed by atoms with Crippen molar-refractivity contribution in [2.75, 3.05) is 6.54 Å². The van der Waals surface area contributed by atoms with E-state index in [1.54, 1.807) is 0 Å². The smallest absolute Gasteiger partial charge is 0.0743 e. The molecular weight excluding hydrogens is 190 g/mol. The molecule has 3 nitrogen and oxygen atoms in total. The van der Waals surface area contributed by atoms with Crippen molar-refractivity contribution in [3.05, 3.63) is 0 Å². The number of hydrogen-bond acceptors (Lipinski definition) is 3. The first-order valence-corrected chi connectivity index (χ1v) is 6.17. The zero-order valence-electron chi connectivity index (χ0n) is 10.00. The summed E-state index contributed by atoms with van der Waals surface area (Å²) in [6.45, 7) is 4.65. The summed E-state index contributed by atoms with van der Waals surface area (Å²) in [5.41, 5.74) is -0.579. The number of rotatable bonds is 5. The molecule has 15 heavy (non-hydrogen) atoms. The molecule has 0 aromatic rings. The Bertz CT molecular complexity index is 174. The van der Waals surface area contributed by atoms with Crippen molar-refractivity contribution in [3.63, 3.8) is 0 Å². The maximum atomic E-state index is 9.99. The first-order chi connectivity index (χ1) is 7.03. The van der Waals surface area contributed by atoms with Crippen LogP contribution in [0.2, 0.25) is 0 Å². The lowest BCUT2D eigenvalue weighted by molar-refractivity contribution is 0.0422. The quantitative estimate of drug-likeness (QED) is 0.650. The first-order valence-electron chi connectivity index (χ1n) is 6.17. The topological polar surface area (TPSA) is 52.5 Å². The minimum Gasteiger partial charge on any atom is -0.393 e. The van der Waals surface area contributed by atoms with Gasteiger partial charge in [0, 0.05) is 12.6 Å². The maximum Gasteiger partial charge on any atom is 0.0743 e. The van der Waals surface area contributed by atoms with E-state index in [-0.39, 0.29) is 6.10 Å². The van der Waals surface area contributed by atoms with E-state index in [0.29, 0.717) is 12.6 Å². The predicted molar refractivity (Wildman–Crippen MR) is 61.8 cm³/mol. The van der Waals surface area contributed by atoms with Gasteiger partial charge in [-0.3, -0.25) is 0 Å². The fourth-order valence-electron chi connectivity index (χ4n) is 2.27. The van der Waals surface area contributed by atoms with Crippen LogP contribution in [0.4, 0.5) is 0 Å². The van der Waals surface area contributed by atoms with Crippen LogP contribution in [0.15, 0.2) is 0 Å². The second-order valence-electron chi connectivity index (χ2n) is 5.13. The van der Waals surface area contributed by atoms with Crippen molar-refractivity contribution in [2.45, 2.75) is 70.1 Å². The van der Waals surface area contributed by atoms with Gasteiger partial charge < -0.3 is 15.5 Å². The highest BCUT2D eigenvalue weighted by molar-refractivity contribution is 4.81. The number of hydrogen-bond donors (Lipinski definition) is 3. The van der Waals surface area contributed by atoms with E-state index < -0.39 is 5.60 Å². The molecule has 0 aromatic carbocycles. The Kier molecular flexibility index (Phi) is 5.03. The van der Waals surface area contributed by atoms with E-state index >= 15 is 0 Å². The molecule has 90 valence electrons. The highest BCUT2D eigenvalue weighted by atomic mass is 16.3. The van der Waals surface area contributed by atoms with Crippen LogP contribution in [0.1, 0.15) is 52.4 Å². The molecule has 0 spiro atoms. The molecule has 1 aliphatic carbocycles. The van der Waals surface area contributed by atoms with Gasteiger partial charge in [-0.2, -0.15) is 0 Å². The molecule has 3 N–H and O–H groups in total. The highest BCUT2D eigenvalue weighted by Gasteiger charge is 2.23. The molecule has 1 aliphatic rings. The zero-order valence-corrected chi connectivity index (χ0v) is 10.00. The number of aliphatic hydroxyl groups excluding tert-OH is 1. The standard InChI is InChI=1S/C12H25NO2/c1-3-8-12(2,15)9-13-10-4-6-11(14)7-5-10/h10-11,13-15H,3-9H2,1-2H3. The molecule has 1 atom stereocenters. The van der Waals surface area contributed by atoms with Crippen LogP contribution in [0.25, 0.3) is 0 Å². The Morgan fingerprint density at radius 1 is 1.27 bits per heavy atom. The Balaban J connectivity index is 2.19. The lowest BCUT2D eigenvalue weighted by Gasteiger charge is -2.30. The maximum absolute atomic E-state index is 9.99. The van der Waals surface area contributed by atoms with Gasteiger partial charge >= 0.3 is 0 Å². The normalized spacial score (nSPS) is 31.2. The Labute approximate surface area is 92.9 Å². The van der Waals surface area contributed by atoms with Gasteiger partial charge in [0.05, 0.1) is 11.7 Å². The predicted octanol–water partition coefficient (Wildman–Crippen LogP) is 1.43. The van der Waals surface area contributed by atoms with Crippen LogP contribution >= 0.6 is 0 Å². The summed E-state index contributed by atoms with van der Waals surface area (Å²) in [5.74, 6) is 0. The van der Waals surface area contributed by atoms with Gasteiger partial charge in [-0.1, -0.05) is 13.3 Å². The summed E-state index contributed by atoms with van der Waals surface area (Å²) in [6, 6.07) is 0.483. The van der Waals surface area contributed by atoms with Gasteiger partial charge in [0.25, 0.3) is 0 Å². The molecular formula is C12H25NO2. The summed E-state index contributed by atoms with van der Waals surface area (Å²) in [6.07, 6.45) is 5.61. The van der Waals surface area contributed by atoms with Gasteiger partial charge in [0.2, 0.25) is 0 Å². The third-order valence-corrected chi connectivity index (χ3v) is 3.26. The van der Waals surface area contributed by atoms with Crippen LogP contribution < -0.4 is 5.32 Å². The third kappa shape index (κ3) is 4.96. The molecule has 3 heteroatoms. The molecule has 1 saturated carbocycles.